The van der Waals surface area contributed by atoms with Crippen LogP contribution >= 0.6 is 0 Å². The van der Waals surface area contributed by atoms with Crippen LogP contribution in [0.5, 0.6) is 5.75 Å². The molecule has 0 aliphatic carbocycles. The Labute approximate surface area is 161 Å². The van der Waals surface area contributed by atoms with Crippen molar-refractivity contribution in [2.24, 2.45) is 0 Å². The number of hydrogen-bond acceptors (Lipinski definition) is 4. The van der Waals surface area contributed by atoms with Gasteiger partial charge in [0.05, 0.1) is 13.2 Å². The first-order chi connectivity index (χ1) is 13.0. The molecule has 0 spiro atoms. The normalized spacial score (nSPS) is 16.1. The van der Waals surface area contributed by atoms with Crippen molar-refractivity contribution in [2.75, 3.05) is 43.5 Å². The van der Waals surface area contributed by atoms with Crippen molar-refractivity contribution >= 4 is 17.3 Å². The first-order valence-electron chi connectivity index (χ1n) is 9.49. The van der Waals surface area contributed by atoms with Crippen LogP contribution in [0, 0.1) is 13.8 Å². The van der Waals surface area contributed by atoms with E-state index in [-0.39, 0.29) is 11.9 Å². The lowest BCUT2D eigenvalue weighted by molar-refractivity contribution is -0.120. The zero-order chi connectivity index (χ0) is 19.4. The van der Waals surface area contributed by atoms with Crippen LogP contribution in [0.3, 0.4) is 0 Å². The Morgan fingerprint density at radius 1 is 1.07 bits per heavy atom. The Balaban J connectivity index is 1.58. The highest BCUT2D eigenvalue weighted by Gasteiger charge is 2.26. The molecule has 1 aliphatic heterocycles. The summed E-state index contributed by atoms with van der Waals surface area (Å²) in [7, 11) is 1.62. The van der Waals surface area contributed by atoms with Gasteiger partial charge in [-0.25, -0.2) is 0 Å². The van der Waals surface area contributed by atoms with E-state index < -0.39 is 0 Å². The Kier molecular flexibility index (Phi) is 6.01. The van der Waals surface area contributed by atoms with E-state index in [2.05, 4.69) is 47.2 Å². The molecule has 2 aromatic rings. The lowest BCUT2D eigenvalue weighted by Crippen LogP contribution is -2.53. The quantitative estimate of drug-likeness (QED) is 0.879. The first kappa shape index (κ1) is 19.2. The Morgan fingerprint density at radius 2 is 1.78 bits per heavy atom. The molecule has 144 valence electrons. The van der Waals surface area contributed by atoms with Crippen molar-refractivity contribution < 1.29 is 9.53 Å². The number of nitrogens with zero attached hydrogens (tertiary/aromatic N) is 2. The number of ether oxygens (including phenoxy) is 1. The van der Waals surface area contributed by atoms with Gasteiger partial charge in [0.25, 0.3) is 0 Å². The van der Waals surface area contributed by atoms with E-state index in [4.69, 9.17) is 4.74 Å². The van der Waals surface area contributed by atoms with E-state index in [1.807, 2.05) is 31.2 Å². The van der Waals surface area contributed by atoms with Crippen LogP contribution in [0.25, 0.3) is 0 Å². The molecule has 0 unspecified atom stereocenters. The van der Waals surface area contributed by atoms with E-state index >= 15 is 0 Å². The van der Waals surface area contributed by atoms with Gasteiger partial charge in [0.2, 0.25) is 5.91 Å². The van der Waals surface area contributed by atoms with Crippen LogP contribution in [0.15, 0.2) is 42.5 Å². The number of rotatable bonds is 5. The second-order valence-electron chi connectivity index (χ2n) is 7.14. The van der Waals surface area contributed by atoms with Crippen LogP contribution < -0.4 is 15.0 Å². The SMILES string of the molecule is COc1cccc(NC(=O)[C@@H](C)N2CCN(c3cccc(C)c3C)CC2)c1. The maximum Gasteiger partial charge on any atom is 0.241 e. The molecule has 1 fully saturated rings. The van der Waals surface area contributed by atoms with Crippen molar-refractivity contribution in [1.29, 1.82) is 0 Å². The minimum absolute atomic E-state index is 0.0171. The minimum Gasteiger partial charge on any atom is -0.497 e. The van der Waals surface area contributed by atoms with Crippen LogP contribution in [0.1, 0.15) is 18.1 Å². The number of piperazine rings is 1. The summed E-state index contributed by atoms with van der Waals surface area (Å²) in [5.41, 5.74) is 4.74. The summed E-state index contributed by atoms with van der Waals surface area (Å²) in [6.07, 6.45) is 0. The average Bonchev–Trinajstić information content (AvgIpc) is 2.70. The molecule has 0 saturated carbocycles. The van der Waals surface area contributed by atoms with Crippen molar-refractivity contribution in [2.45, 2.75) is 26.8 Å². The second-order valence-corrected chi connectivity index (χ2v) is 7.14. The fraction of sp³-hybridized carbons (Fsp3) is 0.409. The molecular weight excluding hydrogens is 338 g/mol. The number of nitrogens with one attached hydrogen (secondary N) is 1. The zero-order valence-corrected chi connectivity index (χ0v) is 16.7. The molecular formula is C22H29N3O2. The fourth-order valence-electron chi connectivity index (χ4n) is 3.54. The second kappa shape index (κ2) is 8.44. The summed E-state index contributed by atoms with van der Waals surface area (Å²) in [6.45, 7) is 9.92. The number of hydrogen-bond donors (Lipinski definition) is 1. The topological polar surface area (TPSA) is 44.8 Å². The number of amides is 1. The van der Waals surface area contributed by atoms with Crippen LogP contribution in [0.4, 0.5) is 11.4 Å². The smallest absolute Gasteiger partial charge is 0.241 e. The van der Waals surface area contributed by atoms with Crippen LogP contribution in [0.2, 0.25) is 0 Å². The van der Waals surface area contributed by atoms with Crippen molar-refractivity contribution in [3.05, 3.63) is 53.6 Å². The molecule has 3 rings (SSSR count). The minimum atomic E-state index is -0.169. The summed E-state index contributed by atoms with van der Waals surface area (Å²) in [4.78, 5) is 17.3. The van der Waals surface area contributed by atoms with Crippen molar-refractivity contribution in [1.82, 2.24) is 4.90 Å². The predicted molar refractivity (Wildman–Crippen MR) is 111 cm³/mol. The molecule has 27 heavy (non-hydrogen) atoms. The van der Waals surface area contributed by atoms with E-state index in [1.54, 1.807) is 7.11 Å². The molecule has 1 N–H and O–H groups in total. The highest BCUT2D eigenvalue weighted by Crippen LogP contribution is 2.24. The maximum absolute atomic E-state index is 12.7. The molecule has 5 heteroatoms. The number of anilines is 2. The van der Waals surface area contributed by atoms with E-state index in [0.29, 0.717) is 0 Å². The summed E-state index contributed by atoms with van der Waals surface area (Å²) in [5.74, 6) is 0.756. The zero-order valence-electron chi connectivity index (χ0n) is 16.7. The van der Waals surface area contributed by atoms with E-state index in [1.165, 1.54) is 16.8 Å². The van der Waals surface area contributed by atoms with Crippen molar-refractivity contribution in [3.8, 4) is 5.75 Å². The standard InChI is InChI=1S/C22H29N3O2/c1-16-7-5-10-21(17(16)2)25-13-11-24(12-14-25)18(3)22(26)23-19-8-6-9-20(15-19)27-4/h5-10,15,18H,11-14H2,1-4H3,(H,23,26)/t18-/m1/s1. The fourth-order valence-corrected chi connectivity index (χ4v) is 3.54. The number of carbonyl (C=O) groups is 1. The molecule has 2 aromatic carbocycles. The summed E-state index contributed by atoms with van der Waals surface area (Å²) in [6, 6.07) is 13.8. The molecule has 0 radical (unpaired) electrons. The van der Waals surface area contributed by atoms with Gasteiger partial charge >= 0.3 is 0 Å². The summed E-state index contributed by atoms with van der Waals surface area (Å²) < 4.78 is 5.22. The van der Waals surface area contributed by atoms with Gasteiger partial charge in [-0.3, -0.25) is 9.69 Å². The van der Waals surface area contributed by atoms with Gasteiger partial charge in [-0.05, 0) is 50.1 Å². The van der Waals surface area contributed by atoms with Gasteiger partial charge in [0, 0.05) is 43.6 Å². The third-order valence-corrected chi connectivity index (χ3v) is 5.50. The predicted octanol–water partition coefficient (Wildman–Crippen LogP) is 3.46. The molecule has 1 heterocycles. The van der Waals surface area contributed by atoms with Crippen LogP contribution in [-0.2, 0) is 4.79 Å². The van der Waals surface area contributed by atoms with Gasteiger partial charge in [0.1, 0.15) is 5.75 Å². The molecule has 1 aliphatic rings. The first-order valence-corrected chi connectivity index (χ1v) is 9.49. The number of benzene rings is 2. The molecule has 1 saturated heterocycles. The van der Waals surface area contributed by atoms with Gasteiger partial charge in [-0.2, -0.15) is 0 Å². The molecule has 1 atom stereocenters. The lowest BCUT2D eigenvalue weighted by atomic mass is 10.1. The Bertz CT molecular complexity index is 798. The summed E-state index contributed by atoms with van der Waals surface area (Å²) in [5, 5.41) is 3.00. The monoisotopic (exact) mass is 367 g/mol. The van der Waals surface area contributed by atoms with Gasteiger partial charge in [-0.15, -0.1) is 0 Å². The van der Waals surface area contributed by atoms with E-state index in [0.717, 1.165) is 37.6 Å². The Morgan fingerprint density at radius 3 is 2.48 bits per heavy atom. The van der Waals surface area contributed by atoms with E-state index in [9.17, 15) is 4.79 Å². The highest BCUT2D eigenvalue weighted by molar-refractivity contribution is 5.94. The van der Waals surface area contributed by atoms with Gasteiger partial charge in [-0.1, -0.05) is 18.2 Å². The maximum atomic E-state index is 12.7. The molecule has 5 nitrogen and oxygen atoms in total. The summed E-state index contributed by atoms with van der Waals surface area (Å²) >= 11 is 0. The Hall–Kier alpha value is -2.53. The number of aryl methyl sites for hydroxylation is 1. The molecule has 0 bridgehead atoms. The van der Waals surface area contributed by atoms with Crippen LogP contribution in [-0.4, -0.2) is 50.1 Å². The third-order valence-electron chi connectivity index (χ3n) is 5.50. The number of methoxy groups -OCH3 is 1. The lowest BCUT2D eigenvalue weighted by Gasteiger charge is -2.39. The highest BCUT2D eigenvalue weighted by atomic mass is 16.5. The number of carbonyl (C=O) groups excluding carboxylic acids is 1. The van der Waals surface area contributed by atoms with Gasteiger partial charge in [0.15, 0.2) is 0 Å². The van der Waals surface area contributed by atoms with Crippen molar-refractivity contribution in [3.63, 3.8) is 0 Å². The molecule has 0 aromatic heterocycles. The average molecular weight is 367 g/mol. The van der Waals surface area contributed by atoms with Gasteiger partial charge < -0.3 is 15.0 Å². The molecule has 1 amide bonds. The largest absolute Gasteiger partial charge is 0.497 e. The third kappa shape index (κ3) is 4.42.